The molecule has 0 radical (unpaired) electrons. The molecule has 0 saturated carbocycles. The highest BCUT2D eigenvalue weighted by atomic mass is 16.1. The van der Waals surface area contributed by atoms with Crippen LogP contribution in [-0.4, -0.2) is 25.8 Å². The number of nitrogens with one attached hydrogen (secondary N) is 3. The van der Waals surface area contributed by atoms with E-state index in [0.717, 1.165) is 166 Å². The van der Waals surface area contributed by atoms with Crippen molar-refractivity contribution in [2.24, 2.45) is 0 Å². The number of benzene rings is 13. The van der Waals surface area contributed by atoms with Crippen molar-refractivity contribution in [3.63, 3.8) is 0 Å². The highest BCUT2D eigenvalue weighted by Gasteiger charge is 2.31. The van der Waals surface area contributed by atoms with Crippen molar-refractivity contribution < 1.29 is 4.79 Å². The van der Waals surface area contributed by atoms with Gasteiger partial charge in [0, 0.05) is 61.1 Å². The summed E-state index contributed by atoms with van der Waals surface area (Å²) in [5, 5.41) is 12.5. The van der Waals surface area contributed by atoms with Crippen LogP contribution in [0.25, 0.3) is 178 Å². The van der Waals surface area contributed by atoms with E-state index in [1.165, 1.54) is 44.5 Å². The van der Waals surface area contributed by atoms with Gasteiger partial charge in [-0.05, 0) is 243 Å². The number of rotatable bonds is 10. The molecule has 6 heteroatoms. The Balaban J connectivity index is 0.924. The zero-order valence-corrected chi connectivity index (χ0v) is 73.2. The summed E-state index contributed by atoms with van der Waals surface area (Å²) in [4.78, 5) is 37.1. The molecule has 121 heavy (non-hydrogen) atoms. The average Bonchev–Trinajstić information content (AvgIpc) is 1.30. The molecule has 2 aliphatic heterocycles. The lowest BCUT2D eigenvalue weighted by atomic mass is 9.78. The molecule has 598 valence electrons. The van der Waals surface area contributed by atoms with Crippen molar-refractivity contribution in [3.8, 4) is 89.0 Å². The van der Waals surface area contributed by atoms with Crippen LogP contribution in [0.15, 0.2) is 279 Å². The number of aromatic amines is 2. The summed E-state index contributed by atoms with van der Waals surface area (Å²) in [5.41, 5.74) is 30.6. The molecule has 6 nitrogen and oxygen atoms in total. The first-order valence-corrected chi connectivity index (χ1v) is 42.9. The average molecular weight is 1580 g/mol. The Hall–Kier alpha value is -13.0. The van der Waals surface area contributed by atoms with Crippen LogP contribution in [-0.2, 0) is 32.5 Å². The smallest absolute Gasteiger partial charge is 0.255 e. The third-order valence-electron chi connectivity index (χ3n) is 24.8. The standard InChI is InChI=1S/C115H107N5O/c1-110(2,3)77-60-73(61-78(66-77)111(4,5)6)105-93-49-51-95(116-93)106(74-62-79(112(7,8)9)67-80(63-74)113(10,11)12)97-53-55-99(118-97)108(100-56-54-98(119-100)107(96-52-50-94(105)117-96)75-64-81(114(13,14)15)68-82(65-75)115(16,17)18)91-47-33-34-48-92(91)120-109(121)76-58-71(103-87-43-29-25-39-83(87)101(69-35-21-19-22-36-69)84-40-26-30-44-88(84)103)57-72(59-76)104-89-45-31-27-41-85(89)102(70-37-23-20-24-38-70)86-42-28-32-46-90(86)104/h19-68,116,119H,1-18H3,(H,120,121). The molecule has 0 fully saturated rings. The van der Waals surface area contributed by atoms with Gasteiger partial charge < -0.3 is 15.3 Å². The molecule has 2 aliphatic rings. The first-order valence-electron chi connectivity index (χ1n) is 42.9. The SMILES string of the molecule is CC(C)(C)c1cc(-c2c3nc(c(-c4cc(C(C)(C)C)cc(C(C)(C)C)c4)c4ccc([nH]4)c(-c4ccccc4NC(=O)c4cc(-c5c6ccccc6c(-c6ccccc6)c6ccccc56)cc(-c5c6ccccc6c(-c6ccccc6)c6ccccc56)c4)c4nc(c(-c5cc(C(C)(C)C)cc(C(C)(C)C)c5)c5ccc2[nH]5)C=C4)C=C3)cc(C(C)(C)C)c1. The van der Waals surface area contributed by atoms with E-state index in [4.69, 9.17) is 9.97 Å². The van der Waals surface area contributed by atoms with E-state index >= 15 is 4.79 Å². The van der Waals surface area contributed by atoms with Crippen LogP contribution in [0, 0.1) is 0 Å². The van der Waals surface area contributed by atoms with E-state index in [2.05, 4.69) is 431 Å². The van der Waals surface area contributed by atoms with Gasteiger partial charge in [0.05, 0.1) is 22.8 Å². The van der Waals surface area contributed by atoms with Crippen molar-refractivity contribution in [3.05, 3.63) is 341 Å². The molecule has 3 aromatic heterocycles. The molecule has 0 unspecified atom stereocenters. The Bertz CT molecular complexity index is 6690. The van der Waals surface area contributed by atoms with Gasteiger partial charge in [0.2, 0.25) is 0 Å². The number of H-pyrrole nitrogens is 2. The predicted molar refractivity (Wildman–Crippen MR) is 519 cm³/mol. The number of carbonyl (C=O) groups is 1. The molecule has 0 aliphatic carbocycles. The predicted octanol–water partition coefficient (Wildman–Crippen LogP) is 31.6. The van der Waals surface area contributed by atoms with E-state index in [-0.39, 0.29) is 38.4 Å². The minimum Gasteiger partial charge on any atom is -0.354 e. The maximum atomic E-state index is 16.8. The molecule has 8 bridgehead atoms. The summed E-state index contributed by atoms with van der Waals surface area (Å²) in [6.45, 7) is 41.6. The van der Waals surface area contributed by atoms with Crippen molar-refractivity contribution in [1.29, 1.82) is 0 Å². The summed E-state index contributed by atoms with van der Waals surface area (Å²) in [6.07, 6.45) is 8.83. The van der Waals surface area contributed by atoms with E-state index in [1.54, 1.807) is 0 Å². The lowest BCUT2D eigenvalue weighted by Gasteiger charge is -2.26. The number of hydrogen-bond acceptors (Lipinski definition) is 3. The van der Waals surface area contributed by atoms with Crippen molar-refractivity contribution in [2.45, 2.75) is 157 Å². The van der Waals surface area contributed by atoms with Gasteiger partial charge in [-0.3, -0.25) is 4.79 Å². The van der Waals surface area contributed by atoms with Crippen LogP contribution in [0.2, 0.25) is 0 Å². The first kappa shape index (κ1) is 79.1. The lowest BCUT2D eigenvalue weighted by Crippen LogP contribution is -2.16. The zero-order valence-electron chi connectivity index (χ0n) is 73.2. The quantitative estimate of drug-likeness (QED) is 0.119. The van der Waals surface area contributed by atoms with Crippen LogP contribution in [0.5, 0.6) is 0 Å². The molecule has 5 heterocycles. The number of anilines is 1. The molecule has 3 N–H and O–H groups in total. The van der Waals surface area contributed by atoms with Crippen LogP contribution in [0.1, 0.15) is 191 Å². The fraction of sp³-hybridized carbons (Fsp3) is 0.209. The second kappa shape index (κ2) is 29.7. The summed E-state index contributed by atoms with van der Waals surface area (Å²) >= 11 is 0. The monoisotopic (exact) mass is 1570 g/mol. The van der Waals surface area contributed by atoms with E-state index in [9.17, 15) is 0 Å². The third-order valence-corrected chi connectivity index (χ3v) is 24.8. The number of nitrogens with zero attached hydrogens (tertiary/aromatic N) is 2. The Labute approximate surface area is 713 Å². The molecule has 0 spiro atoms. The Kier molecular flexibility index (Phi) is 19.4. The number of amides is 1. The van der Waals surface area contributed by atoms with Gasteiger partial charge in [0.15, 0.2) is 0 Å². The molecule has 1 amide bonds. The Morgan fingerprint density at radius 1 is 0.240 bits per heavy atom. The van der Waals surface area contributed by atoms with Gasteiger partial charge in [0.1, 0.15) is 0 Å². The number of aromatic nitrogens is 4. The van der Waals surface area contributed by atoms with Gasteiger partial charge in [-0.1, -0.05) is 355 Å². The topological polar surface area (TPSA) is 86.5 Å². The summed E-state index contributed by atoms with van der Waals surface area (Å²) in [5.74, 6) is -0.263. The fourth-order valence-electron chi connectivity index (χ4n) is 18.1. The van der Waals surface area contributed by atoms with Crippen molar-refractivity contribution in [1.82, 2.24) is 19.9 Å². The molecule has 13 aromatic carbocycles. The highest BCUT2D eigenvalue weighted by Crippen LogP contribution is 2.51. The van der Waals surface area contributed by atoms with Gasteiger partial charge in [-0.15, -0.1) is 0 Å². The molecule has 16 aromatic rings. The van der Waals surface area contributed by atoms with E-state index in [1.807, 2.05) is 12.1 Å². The largest absolute Gasteiger partial charge is 0.354 e. The first-order chi connectivity index (χ1) is 57.7. The summed E-state index contributed by atoms with van der Waals surface area (Å²) in [7, 11) is 0. The number of carbonyl (C=O) groups excluding carboxylic acids is 1. The van der Waals surface area contributed by atoms with Crippen LogP contribution in [0.3, 0.4) is 0 Å². The van der Waals surface area contributed by atoms with Crippen LogP contribution in [0.4, 0.5) is 5.69 Å². The fourth-order valence-corrected chi connectivity index (χ4v) is 18.1. The zero-order chi connectivity index (χ0) is 84.6. The molecule has 0 atom stereocenters. The van der Waals surface area contributed by atoms with Crippen molar-refractivity contribution >= 4 is 101 Å². The van der Waals surface area contributed by atoms with Gasteiger partial charge in [-0.25, -0.2) is 9.97 Å². The van der Waals surface area contributed by atoms with Crippen LogP contribution >= 0.6 is 0 Å². The highest BCUT2D eigenvalue weighted by molar-refractivity contribution is 6.25. The van der Waals surface area contributed by atoms with Crippen LogP contribution < -0.4 is 5.32 Å². The van der Waals surface area contributed by atoms with Gasteiger partial charge in [0.25, 0.3) is 5.91 Å². The second-order valence-corrected chi connectivity index (χ2v) is 39.6. The number of fused-ring (bicyclic) bond motifs is 12. The third kappa shape index (κ3) is 14.8. The number of hydrogen-bond donors (Lipinski definition) is 3. The van der Waals surface area contributed by atoms with Gasteiger partial charge in [-0.2, -0.15) is 0 Å². The molecule has 0 saturated heterocycles. The van der Waals surface area contributed by atoms with Crippen molar-refractivity contribution in [2.75, 3.05) is 5.32 Å². The molecular formula is C115H107N5O. The summed E-state index contributed by atoms with van der Waals surface area (Å²) in [6, 6.07) is 102. The Morgan fingerprint density at radius 3 is 0.769 bits per heavy atom. The maximum Gasteiger partial charge on any atom is 0.255 e. The normalized spacial score (nSPS) is 12.8. The molecular weight excluding hydrogens is 1470 g/mol. The molecule has 18 rings (SSSR count). The lowest BCUT2D eigenvalue weighted by molar-refractivity contribution is 0.102. The summed E-state index contributed by atoms with van der Waals surface area (Å²) < 4.78 is 0. The van der Waals surface area contributed by atoms with E-state index < -0.39 is 0 Å². The number of para-hydroxylation sites is 1. The van der Waals surface area contributed by atoms with Gasteiger partial charge >= 0.3 is 0 Å². The maximum absolute atomic E-state index is 16.8. The second-order valence-electron chi connectivity index (χ2n) is 39.6. The Morgan fingerprint density at radius 2 is 0.479 bits per heavy atom. The minimum atomic E-state index is -0.263. The minimum absolute atomic E-state index is 0.162. The van der Waals surface area contributed by atoms with E-state index in [0.29, 0.717) is 11.3 Å².